The van der Waals surface area contributed by atoms with Gasteiger partial charge in [0.05, 0.1) is 5.69 Å². The number of rotatable bonds is 6. The van der Waals surface area contributed by atoms with E-state index in [1.54, 1.807) is 12.4 Å². The molecule has 0 atom stereocenters. The molecule has 1 aromatic carbocycles. The van der Waals surface area contributed by atoms with E-state index >= 15 is 0 Å². The van der Waals surface area contributed by atoms with Gasteiger partial charge in [-0.15, -0.1) is 0 Å². The molecule has 1 saturated carbocycles. The predicted molar refractivity (Wildman–Crippen MR) is 114 cm³/mol. The van der Waals surface area contributed by atoms with Gasteiger partial charge in [-0.05, 0) is 37.5 Å². The summed E-state index contributed by atoms with van der Waals surface area (Å²) in [4.78, 5) is 13.6. The Balaban J connectivity index is 1.56. The molecule has 1 aliphatic carbocycles. The summed E-state index contributed by atoms with van der Waals surface area (Å²) in [6, 6.07) is 15.0. The SMILES string of the molecule is Cc1ccc(CNc2cc(-c3ccncc3)nc(NC3CCCCC3)n2)cc1. The fraction of sp³-hybridized carbons (Fsp3) is 0.348. The van der Waals surface area contributed by atoms with Crippen molar-refractivity contribution in [3.8, 4) is 11.3 Å². The van der Waals surface area contributed by atoms with E-state index in [-0.39, 0.29) is 0 Å². The average molecular weight is 374 g/mol. The number of hydrogen-bond acceptors (Lipinski definition) is 5. The number of aromatic nitrogens is 3. The summed E-state index contributed by atoms with van der Waals surface area (Å²) in [5, 5.41) is 7.02. The molecule has 0 unspecified atom stereocenters. The predicted octanol–water partition coefficient (Wildman–Crippen LogP) is 5.20. The fourth-order valence-corrected chi connectivity index (χ4v) is 3.60. The molecule has 5 heteroatoms. The minimum atomic E-state index is 0.464. The van der Waals surface area contributed by atoms with E-state index in [4.69, 9.17) is 9.97 Å². The van der Waals surface area contributed by atoms with E-state index < -0.39 is 0 Å². The highest BCUT2D eigenvalue weighted by molar-refractivity contribution is 5.64. The maximum absolute atomic E-state index is 4.77. The molecule has 0 spiro atoms. The first-order valence-corrected chi connectivity index (χ1v) is 10.1. The standard InChI is InChI=1S/C23H27N5/c1-17-7-9-18(10-8-17)16-25-22-15-21(19-11-13-24-14-12-19)27-23(28-22)26-20-5-3-2-4-6-20/h7-15,20H,2-6,16H2,1H3,(H2,25,26,27,28). The lowest BCUT2D eigenvalue weighted by atomic mass is 9.96. The van der Waals surface area contributed by atoms with Gasteiger partial charge in [0.1, 0.15) is 5.82 Å². The first-order valence-electron chi connectivity index (χ1n) is 10.1. The third kappa shape index (κ3) is 4.85. The minimum absolute atomic E-state index is 0.464. The Hall–Kier alpha value is -2.95. The first kappa shape index (κ1) is 18.4. The smallest absolute Gasteiger partial charge is 0.225 e. The van der Waals surface area contributed by atoms with Gasteiger partial charge in [-0.1, -0.05) is 49.1 Å². The van der Waals surface area contributed by atoms with Crippen LogP contribution in [0, 0.1) is 6.92 Å². The molecule has 0 saturated heterocycles. The summed E-state index contributed by atoms with van der Waals surface area (Å²) in [6.07, 6.45) is 9.86. The van der Waals surface area contributed by atoms with E-state index in [0.717, 1.165) is 23.6 Å². The van der Waals surface area contributed by atoms with Crippen LogP contribution in [0.4, 0.5) is 11.8 Å². The van der Waals surface area contributed by atoms with Crippen LogP contribution in [0.5, 0.6) is 0 Å². The van der Waals surface area contributed by atoms with Gasteiger partial charge in [-0.3, -0.25) is 4.98 Å². The summed E-state index contributed by atoms with van der Waals surface area (Å²) in [6.45, 7) is 2.84. The highest BCUT2D eigenvalue weighted by Crippen LogP contribution is 2.24. The summed E-state index contributed by atoms with van der Waals surface area (Å²) < 4.78 is 0. The van der Waals surface area contributed by atoms with Crippen molar-refractivity contribution in [1.29, 1.82) is 0 Å². The maximum atomic E-state index is 4.77. The molecule has 5 nitrogen and oxygen atoms in total. The Kier molecular flexibility index (Phi) is 5.80. The van der Waals surface area contributed by atoms with Gasteiger partial charge >= 0.3 is 0 Å². The second-order valence-electron chi connectivity index (χ2n) is 7.52. The van der Waals surface area contributed by atoms with E-state index in [2.05, 4.69) is 46.8 Å². The molecule has 0 radical (unpaired) electrons. The summed E-state index contributed by atoms with van der Waals surface area (Å²) in [5.74, 6) is 1.54. The minimum Gasteiger partial charge on any atom is -0.366 e. The van der Waals surface area contributed by atoms with Gasteiger partial charge in [0.25, 0.3) is 0 Å². The quantitative estimate of drug-likeness (QED) is 0.621. The lowest BCUT2D eigenvalue weighted by molar-refractivity contribution is 0.461. The van der Waals surface area contributed by atoms with Gasteiger partial charge in [-0.25, -0.2) is 4.98 Å². The molecule has 0 aliphatic heterocycles. The largest absolute Gasteiger partial charge is 0.366 e. The van der Waals surface area contributed by atoms with Crippen molar-refractivity contribution >= 4 is 11.8 Å². The van der Waals surface area contributed by atoms with Crippen molar-refractivity contribution in [3.63, 3.8) is 0 Å². The van der Waals surface area contributed by atoms with Crippen LogP contribution >= 0.6 is 0 Å². The Morgan fingerprint density at radius 1 is 0.929 bits per heavy atom. The zero-order chi connectivity index (χ0) is 19.2. The second-order valence-corrected chi connectivity index (χ2v) is 7.52. The van der Waals surface area contributed by atoms with Crippen molar-refractivity contribution in [2.75, 3.05) is 10.6 Å². The molecule has 1 aliphatic rings. The average Bonchev–Trinajstić information content (AvgIpc) is 2.75. The summed E-state index contributed by atoms with van der Waals surface area (Å²) >= 11 is 0. The van der Waals surface area contributed by atoms with E-state index in [0.29, 0.717) is 12.0 Å². The van der Waals surface area contributed by atoms with E-state index in [1.807, 2.05) is 18.2 Å². The van der Waals surface area contributed by atoms with Crippen molar-refractivity contribution in [3.05, 3.63) is 66.0 Å². The van der Waals surface area contributed by atoms with Crippen LogP contribution in [0.2, 0.25) is 0 Å². The number of nitrogens with one attached hydrogen (secondary N) is 2. The Labute approximate surface area is 166 Å². The van der Waals surface area contributed by atoms with Gasteiger partial charge in [0.15, 0.2) is 0 Å². The first-order chi connectivity index (χ1) is 13.8. The monoisotopic (exact) mass is 373 g/mol. The molecular weight excluding hydrogens is 346 g/mol. The van der Waals surface area contributed by atoms with Crippen molar-refractivity contribution in [2.45, 2.75) is 51.6 Å². The van der Waals surface area contributed by atoms with Crippen molar-refractivity contribution < 1.29 is 0 Å². The van der Waals surface area contributed by atoms with Crippen LogP contribution in [-0.4, -0.2) is 21.0 Å². The number of anilines is 2. The lowest BCUT2D eigenvalue weighted by Gasteiger charge is -2.23. The van der Waals surface area contributed by atoms with Crippen molar-refractivity contribution in [1.82, 2.24) is 15.0 Å². The summed E-state index contributed by atoms with van der Waals surface area (Å²) in [5.41, 5.74) is 4.45. The molecular formula is C23H27N5. The summed E-state index contributed by atoms with van der Waals surface area (Å²) in [7, 11) is 0. The van der Waals surface area contributed by atoms with Crippen molar-refractivity contribution in [2.24, 2.45) is 0 Å². The molecule has 2 aromatic heterocycles. The number of benzene rings is 1. The molecule has 144 valence electrons. The molecule has 3 aromatic rings. The van der Waals surface area contributed by atoms with Crippen LogP contribution < -0.4 is 10.6 Å². The number of aryl methyl sites for hydroxylation is 1. The topological polar surface area (TPSA) is 62.7 Å². The van der Waals surface area contributed by atoms with Gasteiger partial charge in [0.2, 0.25) is 5.95 Å². The molecule has 2 heterocycles. The van der Waals surface area contributed by atoms with Crippen LogP contribution in [0.15, 0.2) is 54.9 Å². The molecule has 1 fully saturated rings. The second kappa shape index (κ2) is 8.83. The zero-order valence-corrected chi connectivity index (χ0v) is 16.4. The zero-order valence-electron chi connectivity index (χ0n) is 16.4. The van der Waals surface area contributed by atoms with Gasteiger partial charge in [0, 0.05) is 36.6 Å². The number of pyridine rings is 1. The molecule has 2 N–H and O–H groups in total. The third-order valence-corrected chi connectivity index (χ3v) is 5.23. The number of hydrogen-bond donors (Lipinski definition) is 2. The molecule has 0 bridgehead atoms. The third-order valence-electron chi connectivity index (χ3n) is 5.23. The Morgan fingerprint density at radius 2 is 1.68 bits per heavy atom. The lowest BCUT2D eigenvalue weighted by Crippen LogP contribution is -2.23. The Bertz CT molecular complexity index is 887. The Morgan fingerprint density at radius 3 is 2.43 bits per heavy atom. The molecule has 28 heavy (non-hydrogen) atoms. The van der Waals surface area contributed by atoms with E-state index in [9.17, 15) is 0 Å². The highest BCUT2D eigenvalue weighted by Gasteiger charge is 2.15. The fourth-order valence-electron chi connectivity index (χ4n) is 3.60. The highest BCUT2D eigenvalue weighted by atomic mass is 15.2. The van der Waals surface area contributed by atoms with Crippen LogP contribution in [0.25, 0.3) is 11.3 Å². The van der Waals surface area contributed by atoms with Crippen LogP contribution in [-0.2, 0) is 6.54 Å². The number of nitrogens with zero attached hydrogens (tertiary/aromatic N) is 3. The van der Waals surface area contributed by atoms with Gasteiger partial charge < -0.3 is 10.6 Å². The van der Waals surface area contributed by atoms with E-state index in [1.165, 1.54) is 43.2 Å². The van der Waals surface area contributed by atoms with Gasteiger partial charge in [-0.2, -0.15) is 4.98 Å². The normalized spacial score (nSPS) is 14.6. The molecule has 4 rings (SSSR count). The van der Waals surface area contributed by atoms with Crippen LogP contribution in [0.1, 0.15) is 43.2 Å². The molecule has 0 amide bonds. The maximum Gasteiger partial charge on any atom is 0.225 e. The van der Waals surface area contributed by atoms with Crippen LogP contribution in [0.3, 0.4) is 0 Å².